The van der Waals surface area contributed by atoms with Crippen LogP contribution in [0.15, 0.2) is 54.6 Å². The van der Waals surface area contributed by atoms with Gasteiger partial charge in [-0.2, -0.15) is 0 Å². The van der Waals surface area contributed by atoms with Crippen molar-refractivity contribution >= 4 is 6.03 Å². The first kappa shape index (κ1) is 16.5. The van der Waals surface area contributed by atoms with E-state index >= 15 is 0 Å². The van der Waals surface area contributed by atoms with Crippen LogP contribution in [0.1, 0.15) is 30.1 Å². The van der Waals surface area contributed by atoms with Crippen molar-refractivity contribution in [1.82, 2.24) is 10.2 Å². The maximum Gasteiger partial charge on any atom is 0.318 e. The Morgan fingerprint density at radius 1 is 1.21 bits per heavy atom. The fraction of sp³-hybridized carbons (Fsp3) is 0.316. The minimum atomic E-state index is -0.288. The molecule has 1 heterocycles. The van der Waals surface area contributed by atoms with E-state index in [-0.39, 0.29) is 23.9 Å². The van der Waals surface area contributed by atoms with Crippen LogP contribution in [0.2, 0.25) is 0 Å². The Morgan fingerprint density at radius 3 is 2.62 bits per heavy atom. The Labute approximate surface area is 141 Å². The molecule has 2 amide bonds. The first-order valence-corrected chi connectivity index (χ1v) is 8.10. The predicted molar refractivity (Wildman–Crippen MR) is 90.1 cm³/mol. The average Bonchev–Trinajstić information content (AvgIpc) is 2.63. The van der Waals surface area contributed by atoms with Crippen molar-refractivity contribution in [2.75, 3.05) is 19.8 Å². The lowest BCUT2D eigenvalue weighted by Crippen LogP contribution is -2.48. The van der Waals surface area contributed by atoms with Gasteiger partial charge in [0.05, 0.1) is 25.3 Å². The van der Waals surface area contributed by atoms with Crippen LogP contribution in [0.5, 0.6) is 0 Å². The van der Waals surface area contributed by atoms with E-state index in [1.54, 1.807) is 17.0 Å². The molecule has 0 spiro atoms. The number of amides is 2. The highest BCUT2D eigenvalue weighted by Gasteiger charge is 2.29. The van der Waals surface area contributed by atoms with E-state index in [2.05, 4.69) is 5.32 Å². The fourth-order valence-corrected chi connectivity index (χ4v) is 2.90. The van der Waals surface area contributed by atoms with Gasteiger partial charge in [0.15, 0.2) is 0 Å². The molecule has 0 saturated carbocycles. The van der Waals surface area contributed by atoms with Crippen molar-refractivity contribution in [3.63, 3.8) is 0 Å². The molecule has 0 aromatic heterocycles. The highest BCUT2D eigenvalue weighted by molar-refractivity contribution is 5.75. The molecule has 0 radical (unpaired) electrons. The predicted octanol–water partition coefficient (Wildman–Crippen LogP) is 3.67. The number of nitrogens with zero attached hydrogens (tertiary/aromatic N) is 1. The highest BCUT2D eigenvalue weighted by Crippen LogP contribution is 2.25. The third-order valence-electron chi connectivity index (χ3n) is 4.28. The highest BCUT2D eigenvalue weighted by atomic mass is 19.1. The van der Waals surface area contributed by atoms with E-state index in [0.29, 0.717) is 19.8 Å². The van der Waals surface area contributed by atoms with E-state index in [0.717, 1.165) is 11.1 Å². The van der Waals surface area contributed by atoms with Gasteiger partial charge >= 0.3 is 6.03 Å². The van der Waals surface area contributed by atoms with Crippen LogP contribution < -0.4 is 5.32 Å². The second-order valence-corrected chi connectivity index (χ2v) is 5.92. The summed E-state index contributed by atoms with van der Waals surface area (Å²) >= 11 is 0. The lowest BCUT2D eigenvalue weighted by atomic mass is 10.0. The molecule has 1 fully saturated rings. The van der Waals surface area contributed by atoms with Crippen molar-refractivity contribution < 1.29 is 13.9 Å². The number of carbonyl (C=O) groups is 1. The van der Waals surface area contributed by atoms with E-state index < -0.39 is 0 Å². The third-order valence-corrected chi connectivity index (χ3v) is 4.28. The first-order valence-electron chi connectivity index (χ1n) is 8.10. The zero-order chi connectivity index (χ0) is 16.9. The van der Waals surface area contributed by atoms with Gasteiger partial charge in [-0.1, -0.05) is 42.5 Å². The molecule has 5 heteroatoms. The maximum absolute atomic E-state index is 13.1. The van der Waals surface area contributed by atoms with E-state index in [1.165, 1.54) is 12.1 Å². The van der Waals surface area contributed by atoms with Gasteiger partial charge in [0.2, 0.25) is 0 Å². The molecule has 0 bridgehead atoms. The number of hydrogen-bond acceptors (Lipinski definition) is 2. The Balaban J connectivity index is 1.72. The molecule has 3 rings (SSSR count). The molecule has 1 N–H and O–H groups in total. The van der Waals surface area contributed by atoms with Gasteiger partial charge in [0, 0.05) is 6.54 Å². The summed E-state index contributed by atoms with van der Waals surface area (Å²) in [5.74, 6) is -0.288. The second-order valence-electron chi connectivity index (χ2n) is 5.92. The molecule has 1 aliphatic rings. The fourth-order valence-electron chi connectivity index (χ4n) is 2.90. The second kappa shape index (κ2) is 7.45. The average molecular weight is 328 g/mol. The number of nitrogens with one attached hydrogen (secondary N) is 1. The zero-order valence-corrected chi connectivity index (χ0v) is 13.6. The number of morpholine rings is 1. The van der Waals surface area contributed by atoms with Gasteiger partial charge in [-0.15, -0.1) is 0 Å². The lowest BCUT2D eigenvalue weighted by molar-refractivity contribution is 0.0111. The molecule has 1 aliphatic heterocycles. The number of hydrogen-bond donors (Lipinski definition) is 1. The quantitative estimate of drug-likeness (QED) is 0.934. The van der Waals surface area contributed by atoms with E-state index in [4.69, 9.17) is 4.74 Å². The Hall–Kier alpha value is -2.40. The van der Waals surface area contributed by atoms with Crippen molar-refractivity contribution in [3.05, 3.63) is 71.5 Å². The Morgan fingerprint density at radius 2 is 1.92 bits per heavy atom. The lowest BCUT2D eigenvalue weighted by Gasteiger charge is -2.36. The molecule has 2 unspecified atom stereocenters. The first-order chi connectivity index (χ1) is 11.6. The monoisotopic (exact) mass is 328 g/mol. The van der Waals surface area contributed by atoms with Crippen LogP contribution in [-0.2, 0) is 4.74 Å². The van der Waals surface area contributed by atoms with Crippen molar-refractivity contribution in [2.45, 2.75) is 19.0 Å². The number of rotatable bonds is 3. The summed E-state index contributed by atoms with van der Waals surface area (Å²) in [5.41, 5.74) is 1.93. The van der Waals surface area contributed by atoms with Gasteiger partial charge in [-0.3, -0.25) is 0 Å². The molecular weight excluding hydrogens is 307 g/mol. The minimum absolute atomic E-state index is 0.0876. The summed E-state index contributed by atoms with van der Waals surface area (Å²) in [6.45, 7) is 3.39. The maximum atomic E-state index is 13.1. The largest absolute Gasteiger partial charge is 0.377 e. The summed E-state index contributed by atoms with van der Waals surface area (Å²) in [6, 6.07) is 15.6. The SMILES string of the molecule is CC(NC(=O)N1CCOCC1c1ccc(F)cc1)c1ccccc1. The van der Waals surface area contributed by atoms with Gasteiger partial charge in [0.1, 0.15) is 5.82 Å². The number of halogens is 1. The van der Waals surface area contributed by atoms with Gasteiger partial charge in [-0.05, 0) is 30.2 Å². The normalized spacial score (nSPS) is 18.9. The van der Waals surface area contributed by atoms with Gasteiger partial charge in [0.25, 0.3) is 0 Å². The van der Waals surface area contributed by atoms with Gasteiger partial charge in [-0.25, -0.2) is 9.18 Å². The molecule has 4 nitrogen and oxygen atoms in total. The Bertz CT molecular complexity index is 676. The van der Waals surface area contributed by atoms with Crippen LogP contribution in [0.25, 0.3) is 0 Å². The van der Waals surface area contributed by atoms with Crippen molar-refractivity contribution in [2.24, 2.45) is 0 Å². The smallest absolute Gasteiger partial charge is 0.318 e. The summed E-state index contributed by atoms with van der Waals surface area (Å²) in [7, 11) is 0. The summed E-state index contributed by atoms with van der Waals surface area (Å²) in [4.78, 5) is 14.5. The molecule has 0 aliphatic carbocycles. The van der Waals surface area contributed by atoms with Crippen LogP contribution in [0, 0.1) is 5.82 Å². The summed E-state index contributed by atoms with van der Waals surface area (Å²) < 4.78 is 18.7. The van der Waals surface area contributed by atoms with Crippen molar-refractivity contribution in [3.8, 4) is 0 Å². The number of ether oxygens (including phenoxy) is 1. The van der Waals surface area contributed by atoms with E-state index in [1.807, 2.05) is 37.3 Å². The third kappa shape index (κ3) is 3.74. The molecule has 2 aromatic carbocycles. The number of urea groups is 1. The Kier molecular flexibility index (Phi) is 5.11. The topological polar surface area (TPSA) is 41.6 Å². The molecule has 24 heavy (non-hydrogen) atoms. The van der Waals surface area contributed by atoms with Gasteiger partial charge < -0.3 is 15.0 Å². The van der Waals surface area contributed by atoms with Crippen LogP contribution in [0.4, 0.5) is 9.18 Å². The molecular formula is C19H21FN2O2. The molecule has 126 valence electrons. The number of carbonyl (C=O) groups excluding carboxylic acids is 1. The molecule has 1 saturated heterocycles. The van der Waals surface area contributed by atoms with Crippen molar-refractivity contribution in [1.29, 1.82) is 0 Å². The summed E-state index contributed by atoms with van der Waals surface area (Å²) in [5, 5.41) is 3.03. The minimum Gasteiger partial charge on any atom is -0.377 e. The van der Waals surface area contributed by atoms with E-state index in [9.17, 15) is 9.18 Å². The summed E-state index contributed by atoms with van der Waals surface area (Å²) in [6.07, 6.45) is 0. The van der Waals surface area contributed by atoms with Crippen LogP contribution >= 0.6 is 0 Å². The standard InChI is InChI=1S/C19H21FN2O2/c1-14(15-5-3-2-4-6-15)21-19(23)22-11-12-24-13-18(22)16-7-9-17(20)10-8-16/h2-10,14,18H,11-13H2,1H3,(H,21,23). The zero-order valence-electron chi connectivity index (χ0n) is 13.6. The van der Waals surface area contributed by atoms with Crippen LogP contribution in [-0.4, -0.2) is 30.7 Å². The number of benzene rings is 2. The molecule has 2 atom stereocenters. The van der Waals surface area contributed by atoms with Crippen LogP contribution in [0.3, 0.4) is 0 Å². The molecule has 2 aromatic rings.